The molecule has 0 aliphatic carbocycles. The third-order valence-corrected chi connectivity index (χ3v) is 14.2. The molecule has 0 atom stereocenters. The topological polar surface area (TPSA) is 79.2 Å². The van der Waals surface area contributed by atoms with E-state index in [-0.39, 0.29) is 0 Å². The summed E-state index contributed by atoms with van der Waals surface area (Å²) in [4.78, 5) is 24.2. The van der Waals surface area contributed by atoms with Crippen LogP contribution in [0.25, 0.3) is 134 Å². The fourth-order valence-corrected chi connectivity index (χ4v) is 11.1. The predicted molar refractivity (Wildman–Crippen MR) is 309 cm³/mol. The van der Waals surface area contributed by atoms with Crippen LogP contribution in [0.15, 0.2) is 256 Å². The Balaban J connectivity index is 1.11. The van der Waals surface area contributed by atoms with Crippen LogP contribution in [0.5, 0.6) is 0 Å². The van der Waals surface area contributed by atoms with Crippen LogP contribution in [0.1, 0.15) is 5.56 Å². The molecule has 0 amide bonds. The molecule has 0 bridgehead atoms. The molecule has 8 aromatic carbocycles. The monoisotopic (exact) mass is 960 g/mol. The van der Waals surface area contributed by atoms with Crippen molar-refractivity contribution in [3.05, 3.63) is 261 Å². The third-order valence-electron chi connectivity index (χ3n) is 14.2. The van der Waals surface area contributed by atoms with Crippen LogP contribution in [-0.2, 0) is 0 Å². The van der Waals surface area contributed by atoms with E-state index in [9.17, 15) is 0 Å². The standard InChI is InChI=1S/C67H44N8/c1-2-3-4-8-23-45-40-48(67-71-65(46-24-19-38-68-42-46)70-66(72-67)47-25-20-39-69-43-47)41-55(44-21-9-5-10-22-44)62(45)75-57-33-18-16-31-54(57)61-59(75)37-35-52-51-34-36-58-60(63(51)74(64(52)61)50-28-13-7-14-29-50)53-30-15-17-32-56(53)73(58)49-26-11-6-12-27-49/h2-43H,1H2/b4-3-,23-8+. The van der Waals surface area contributed by atoms with Crippen molar-refractivity contribution in [2.45, 2.75) is 0 Å². The zero-order valence-electron chi connectivity index (χ0n) is 40.5. The number of pyridine rings is 2. The molecule has 0 spiro atoms. The number of allylic oxidation sites excluding steroid dienone is 4. The molecular formula is C67H44N8. The van der Waals surface area contributed by atoms with E-state index in [0.717, 1.165) is 88.8 Å². The lowest BCUT2D eigenvalue weighted by Gasteiger charge is -2.19. The van der Waals surface area contributed by atoms with Crippen LogP contribution in [0, 0.1) is 0 Å². The van der Waals surface area contributed by atoms with Crippen LogP contribution in [-0.4, -0.2) is 38.6 Å². The molecule has 14 aromatic rings. The fourth-order valence-electron chi connectivity index (χ4n) is 11.1. The average Bonchev–Trinajstić information content (AvgIpc) is 4.21. The number of para-hydroxylation sites is 4. The first-order valence-electron chi connectivity index (χ1n) is 25.0. The van der Waals surface area contributed by atoms with Gasteiger partial charge in [0.1, 0.15) is 0 Å². The van der Waals surface area contributed by atoms with Gasteiger partial charge in [0.05, 0.1) is 38.8 Å². The minimum atomic E-state index is 0.519. The number of nitrogens with zero attached hydrogens (tertiary/aromatic N) is 8. The first-order chi connectivity index (χ1) is 37.2. The lowest BCUT2D eigenvalue weighted by Crippen LogP contribution is -2.04. The SMILES string of the molecule is C=C/C=C\C=C\c1cc(-c2nc(-c3cccnc3)nc(-c3cccnc3)n2)cc(-c2ccccc2)c1-n1c2ccccc2c2c1ccc1c3ccc4c(c5ccccc5n4-c4ccccc4)c3n(-c3ccccc3)c12. The average molecular weight is 961 g/mol. The van der Waals surface area contributed by atoms with Crippen molar-refractivity contribution in [2.75, 3.05) is 0 Å². The maximum atomic E-state index is 5.18. The molecule has 8 nitrogen and oxygen atoms in total. The summed E-state index contributed by atoms with van der Waals surface area (Å²) in [7, 11) is 0. The summed E-state index contributed by atoms with van der Waals surface area (Å²) < 4.78 is 7.39. The van der Waals surface area contributed by atoms with Gasteiger partial charge in [-0.05, 0) is 96.1 Å². The Morgan fingerprint density at radius 1 is 0.373 bits per heavy atom. The van der Waals surface area contributed by atoms with E-state index in [4.69, 9.17) is 15.0 Å². The Hall–Kier alpha value is -10.3. The van der Waals surface area contributed by atoms with Gasteiger partial charge >= 0.3 is 0 Å². The van der Waals surface area contributed by atoms with Crippen molar-refractivity contribution < 1.29 is 0 Å². The maximum absolute atomic E-state index is 5.18. The predicted octanol–water partition coefficient (Wildman–Crippen LogP) is 16.4. The number of aromatic nitrogens is 8. The number of hydrogen-bond donors (Lipinski definition) is 0. The van der Waals surface area contributed by atoms with Gasteiger partial charge in [0.25, 0.3) is 0 Å². The van der Waals surface area contributed by atoms with E-state index in [1.54, 1.807) is 30.9 Å². The van der Waals surface area contributed by atoms with E-state index in [1.807, 2.05) is 36.4 Å². The van der Waals surface area contributed by atoms with Crippen LogP contribution in [0.3, 0.4) is 0 Å². The summed E-state index contributed by atoms with van der Waals surface area (Å²) in [6.45, 7) is 3.96. The van der Waals surface area contributed by atoms with Crippen LogP contribution < -0.4 is 0 Å². The van der Waals surface area contributed by atoms with Gasteiger partial charge in [-0.3, -0.25) is 9.97 Å². The van der Waals surface area contributed by atoms with Crippen molar-refractivity contribution in [3.63, 3.8) is 0 Å². The van der Waals surface area contributed by atoms with Gasteiger partial charge in [-0.25, -0.2) is 15.0 Å². The lowest BCUT2D eigenvalue weighted by molar-refractivity contribution is 1.07. The van der Waals surface area contributed by atoms with Crippen molar-refractivity contribution in [2.24, 2.45) is 0 Å². The van der Waals surface area contributed by atoms with E-state index in [1.165, 1.54) is 27.1 Å². The highest BCUT2D eigenvalue weighted by Gasteiger charge is 2.27. The second-order valence-electron chi connectivity index (χ2n) is 18.5. The van der Waals surface area contributed by atoms with E-state index >= 15 is 0 Å². The largest absolute Gasteiger partial charge is 0.309 e. The number of rotatable bonds is 10. The van der Waals surface area contributed by atoms with Crippen molar-refractivity contribution in [1.29, 1.82) is 0 Å². The molecule has 6 aromatic heterocycles. The summed E-state index contributed by atoms with van der Waals surface area (Å²) >= 11 is 0. The van der Waals surface area contributed by atoms with Gasteiger partial charge in [0.15, 0.2) is 17.5 Å². The third kappa shape index (κ3) is 7.18. The van der Waals surface area contributed by atoms with E-state index < -0.39 is 0 Å². The summed E-state index contributed by atoms with van der Waals surface area (Å²) in [5.74, 6) is 1.56. The van der Waals surface area contributed by atoms with Crippen molar-refractivity contribution in [3.8, 4) is 62.4 Å². The van der Waals surface area contributed by atoms with Gasteiger partial charge in [-0.2, -0.15) is 0 Å². The zero-order valence-corrected chi connectivity index (χ0v) is 40.5. The molecule has 0 saturated heterocycles. The molecule has 0 N–H and O–H groups in total. The highest BCUT2D eigenvalue weighted by molar-refractivity contribution is 6.31. The second-order valence-corrected chi connectivity index (χ2v) is 18.5. The Kier molecular flexibility index (Phi) is 10.5. The molecule has 0 fully saturated rings. The molecule has 14 rings (SSSR count). The molecule has 0 aliphatic heterocycles. The van der Waals surface area contributed by atoms with Crippen LogP contribution in [0.4, 0.5) is 0 Å². The summed E-state index contributed by atoms with van der Waals surface area (Å²) in [6, 6.07) is 71.3. The first kappa shape index (κ1) is 43.5. The minimum absolute atomic E-state index is 0.519. The smallest absolute Gasteiger partial charge is 0.165 e. The molecule has 75 heavy (non-hydrogen) atoms. The Bertz CT molecular complexity index is 4510. The first-order valence-corrected chi connectivity index (χ1v) is 25.0. The molecule has 0 saturated carbocycles. The van der Waals surface area contributed by atoms with Crippen LogP contribution >= 0.6 is 0 Å². The summed E-state index contributed by atoms with van der Waals surface area (Å²) in [5, 5.41) is 7.09. The van der Waals surface area contributed by atoms with E-state index in [0.29, 0.717) is 17.5 Å². The Labute approximate surface area is 431 Å². The number of benzene rings is 8. The zero-order chi connectivity index (χ0) is 49.8. The second kappa shape index (κ2) is 18.1. The van der Waals surface area contributed by atoms with Gasteiger partial charge in [-0.1, -0.05) is 152 Å². The van der Waals surface area contributed by atoms with Crippen molar-refractivity contribution in [1.82, 2.24) is 38.6 Å². The van der Waals surface area contributed by atoms with Gasteiger partial charge < -0.3 is 13.7 Å². The van der Waals surface area contributed by atoms with Gasteiger partial charge in [-0.15, -0.1) is 0 Å². The molecular weight excluding hydrogens is 917 g/mol. The minimum Gasteiger partial charge on any atom is -0.309 e. The number of fused-ring (bicyclic) bond motifs is 11. The molecule has 8 heteroatoms. The molecule has 0 aliphatic rings. The molecule has 0 radical (unpaired) electrons. The Morgan fingerprint density at radius 3 is 1.43 bits per heavy atom. The normalized spacial score (nSPS) is 11.9. The van der Waals surface area contributed by atoms with Gasteiger partial charge in [0, 0.05) is 90.7 Å². The molecule has 6 heterocycles. The molecule has 352 valence electrons. The Morgan fingerprint density at radius 2 is 0.867 bits per heavy atom. The summed E-state index contributed by atoms with van der Waals surface area (Å²) in [5.41, 5.74) is 15.4. The number of hydrogen-bond acceptors (Lipinski definition) is 5. The molecule has 0 unspecified atom stereocenters. The van der Waals surface area contributed by atoms with Crippen molar-refractivity contribution >= 4 is 71.5 Å². The highest BCUT2D eigenvalue weighted by atomic mass is 15.1. The lowest BCUT2D eigenvalue weighted by atomic mass is 9.95. The van der Waals surface area contributed by atoms with Gasteiger partial charge in [0.2, 0.25) is 0 Å². The maximum Gasteiger partial charge on any atom is 0.165 e. The fraction of sp³-hybridized carbons (Fsp3) is 0. The van der Waals surface area contributed by atoms with Crippen LogP contribution in [0.2, 0.25) is 0 Å². The summed E-state index contributed by atoms with van der Waals surface area (Å²) in [6.07, 6.45) is 17.1. The van der Waals surface area contributed by atoms with E-state index in [2.05, 4.69) is 218 Å². The highest BCUT2D eigenvalue weighted by Crippen LogP contribution is 2.48. The quantitative estimate of drug-likeness (QED) is 0.128.